The van der Waals surface area contributed by atoms with Crippen molar-refractivity contribution < 1.29 is 5.11 Å². The Bertz CT molecular complexity index is 155. The van der Waals surface area contributed by atoms with Crippen LogP contribution < -0.4 is 0 Å². The molecule has 2 nitrogen and oxygen atoms in total. The first-order valence-corrected chi connectivity index (χ1v) is 5.11. The SMILES string of the molecule is CC(CO)N1CC2(CCCC2)C1. The summed E-state index contributed by atoms with van der Waals surface area (Å²) in [4.78, 5) is 2.41. The minimum atomic E-state index is 0.316. The van der Waals surface area contributed by atoms with Crippen LogP contribution in [0.5, 0.6) is 0 Å². The average molecular weight is 169 g/mol. The largest absolute Gasteiger partial charge is 0.395 e. The summed E-state index contributed by atoms with van der Waals surface area (Å²) in [5, 5.41) is 8.96. The van der Waals surface area contributed by atoms with Gasteiger partial charge in [0.2, 0.25) is 0 Å². The molecular weight excluding hydrogens is 150 g/mol. The maximum absolute atomic E-state index is 8.96. The predicted molar refractivity (Wildman–Crippen MR) is 49.0 cm³/mol. The molecule has 2 aliphatic rings. The fourth-order valence-corrected chi connectivity index (χ4v) is 2.68. The number of aliphatic hydroxyl groups excluding tert-OH is 1. The summed E-state index contributed by atoms with van der Waals surface area (Å²) >= 11 is 0. The molecule has 0 amide bonds. The van der Waals surface area contributed by atoms with Gasteiger partial charge in [-0.15, -0.1) is 0 Å². The summed E-state index contributed by atoms with van der Waals surface area (Å²) in [6, 6.07) is 0.385. The van der Waals surface area contributed by atoms with Crippen LogP contribution in [-0.2, 0) is 0 Å². The lowest BCUT2D eigenvalue weighted by molar-refractivity contribution is -0.0360. The second-order valence-electron chi connectivity index (χ2n) is 4.64. The van der Waals surface area contributed by atoms with Crippen LogP contribution in [0.1, 0.15) is 32.6 Å². The average Bonchev–Trinajstić information content (AvgIpc) is 2.48. The highest BCUT2D eigenvalue weighted by Gasteiger charge is 2.45. The van der Waals surface area contributed by atoms with Gasteiger partial charge >= 0.3 is 0 Å². The van der Waals surface area contributed by atoms with E-state index in [0.717, 1.165) is 0 Å². The van der Waals surface area contributed by atoms with E-state index in [4.69, 9.17) is 5.11 Å². The van der Waals surface area contributed by atoms with Crippen LogP contribution in [0.4, 0.5) is 0 Å². The zero-order valence-corrected chi connectivity index (χ0v) is 7.92. The van der Waals surface area contributed by atoms with Gasteiger partial charge in [-0.1, -0.05) is 12.8 Å². The van der Waals surface area contributed by atoms with E-state index < -0.39 is 0 Å². The van der Waals surface area contributed by atoms with Gasteiger partial charge in [-0.25, -0.2) is 0 Å². The van der Waals surface area contributed by atoms with E-state index in [1.54, 1.807) is 0 Å². The molecule has 1 spiro atoms. The summed E-state index contributed by atoms with van der Waals surface area (Å²) in [6.45, 7) is 4.92. The van der Waals surface area contributed by atoms with Gasteiger partial charge in [0.05, 0.1) is 6.61 Å². The van der Waals surface area contributed by atoms with Crippen molar-refractivity contribution in [3.05, 3.63) is 0 Å². The van der Waals surface area contributed by atoms with E-state index >= 15 is 0 Å². The molecule has 0 aromatic carbocycles. The Labute approximate surface area is 74.6 Å². The van der Waals surface area contributed by atoms with E-state index in [0.29, 0.717) is 18.1 Å². The number of likely N-dealkylation sites (tertiary alicyclic amines) is 1. The minimum absolute atomic E-state index is 0.316. The Hall–Kier alpha value is -0.0800. The van der Waals surface area contributed by atoms with Gasteiger partial charge < -0.3 is 5.11 Å². The molecule has 0 aromatic heterocycles. The fraction of sp³-hybridized carbons (Fsp3) is 1.00. The first-order valence-electron chi connectivity index (χ1n) is 5.11. The van der Waals surface area contributed by atoms with E-state index in [-0.39, 0.29) is 0 Å². The van der Waals surface area contributed by atoms with Crippen molar-refractivity contribution in [2.45, 2.75) is 38.6 Å². The lowest BCUT2D eigenvalue weighted by Crippen LogP contribution is -2.58. The molecule has 1 aliphatic heterocycles. The topological polar surface area (TPSA) is 23.5 Å². The van der Waals surface area contributed by atoms with Crippen LogP contribution in [0.15, 0.2) is 0 Å². The molecule has 1 saturated carbocycles. The summed E-state index contributed by atoms with van der Waals surface area (Å²) in [7, 11) is 0. The molecule has 1 saturated heterocycles. The smallest absolute Gasteiger partial charge is 0.0584 e. The Morgan fingerprint density at radius 3 is 2.42 bits per heavy atom. The van der Waals surface area contributed by atoms with Gasteiger partial charge in [0.25, 0.3) is 0 Å². The molecule has 0 radical (unpaired) electrons. The number of nitrogens with zero attached hydrogens (tertiary/aromatic N) is 1. The van der Waals surface area contributed by atoms with Gasteiger partial charge in [0.15, 0.2) is 0 Å². The maximum Gasteiger partial charge on any atom is 0.0584 e. The second kappa shape index (κ2) is 3.00. The third-order valence-electron chi connectivity index (χ3n) is 3.63. The molecule has 1 unspecified atom stereocenters. The van der Waals surface area contributed by atoms with Crippen LogP contribution in [0, 0.1) is 5.41 Å². The molecule has 1 N–H and O–H groups in total. The van der Waals surface area contributed by atoms with Crippen LogP contribution in [0.2, 0.25) is 0 Å². The molecule has 2 fully saturated rings. The van der Waals surface area contributed by atoms with Crippen LogP contribution in [0.25, 0.3) is 0 Å². The number of aliphatic hydroxyl groups is 1. The van der Waals surface area contributed by atoms with Crippen molar-refractivity contribution in [1.29, 1.82) is 0 Å². The predicted octanol–water partition coefficient (Wildman–Crippen LogP) is 1.24. The van der Waals surface area contributed by atoms with Gasteiger partial charge in [-0.05, 0) is 25.2 Å². The van der Waals surface area contributed by atoms with Crippen molar-refractivity contribution in [3.8, 4) is 0 Å². The van der Waals surface area contributed by atoms with Crippen LogP contribution in [-0.4, -0.2) is 35.7 Å². The molecule has 0 bridgehead atoms. The highest BCUT2D eigenvalue weighted by atomic mass is 16.3. The van der Waals surface area contributed by atoms with Crippen LogP contribution in [0.3, 0.4) is 0 Å². The van der Waals surface area contributed by atoms with E-state index in [1.165, 1.54) is 38.8 Å². The quantitative estimate of drug-likeness (QED) is 0.672. The molecule has 70 valence electrons. The Kier molecular flexibility index (Phi) is 2.13. The number of hydrogen-bond donors (Lipinski definition) is 1. The van der Waals surface area contributed by atoms with Crippen LogP contribution >= 0.6 is 0 Å². The lowest BCUT2D eigenvalue weighted by atomic mass is 9.77. The Balaban J connectivity index is 1.82. The van der Waals surface area contributed by atoms with Crippen molar-refractivity contribution in [2.24, 2.45) is 5.41 Å². The molecule has 1 atom stereocenters. The number of hydrogen-bond acceptors (Lipinski definition) is 2. The van der Waals surface area contributed by atoms with Crippen molar-refractivity contribution in [3.63, 3.8) is 0 Å². The first kappa shape index (κ1) is 8.52. The van der Waals surface area contributed by atoms with Gasteiger partial charge in [-0.3, -0.25) is 4.90 Å². The van der Waals surface area contributed by atoms with E-state index in [1.807, 2.05) is 0 Å². The fourth-order valence-electron chi connectivity index (χ4n) is 2.68. The third-order valence-corrected chi connectivity index (χ3v) is 3.63. The summed E-state index contributed by atoms with van der Waals surface area (Å²) < 4.78 is 0. The molecule has 1 heterocycles. The van der Waals surface area contributed by atoms with Gasteiger partial charge in [0.1, 0.15) is 0 Å². The minimum Gasteiger partial charge on any atom is -0.395 e. The van der Waals surface area contributed by atoms with Crippen molar-refractivity contribution in [2.75, 3.05) is 19.7 Å². The Morgan fingerprint density at radius 1 is 1.33 bits per heavy atom. The third kappa shape index (κ3) is 1.27. The normalized spacial score (nSPS) is 30.5. The lowest BCUT2D eigenvalue weighted by Gasteiger charge is -2.50. The molecule has 12 heavy (non-hydrogen) atoms. The van der Waals surface area contributed by atoms with E-state index in [2.05, 4.69) is 11.8 Å². The first-order chi connectivity index (χ1) is 5.76. The van der Waals surface area contributed by atoms with Gasteiger partial charge in [-0.2, -0.15) is 0 Å². The summed E-state index contributed by atoms with van der Waals surface area (Å²) in [6.07, 6.45) is 5.73. The Morgan fingerprint density at radius 2 is 1.92 bits per heavy atom. The molecule has 1 aliphatic carbocycles. The highest BCUT2D eigenvalue weighted by Crippen LogP contribution is 2.45. The summed E-state index contributed by atoms with van der Waals surface area (Å²) in [5.74, 6) is 0. The molecule has 0 aromatic rings. The zero-order valence-electron chi connectivity index (χ0n) is 7.92. The highest BCUT2D eigenvalue weighted by molar-refractivity contribution is 4.99. The van der Waals surface area contributed by atoms with Crippen molar-refractivity contribution >= 4 is 0 Å². The monoisotopic (exact) mass is 169 g/mol. The van der Waals surface area contributed by atoms with E-state index in [9.17, 15) is 0 Å². The van der Waals surface area contributed by atoms with Gasteiger partial charge in [0, 0.05) is 19.1 Å². The molecule has 2 rings (SSSR count). The van der Waals surface area contributed by atoms with Crippen molar-refractivity contribution in [1.82, 2.24) is 4.90 Å². The molecular formula is C10H19NO. The second-order valence-corrected chi connectivity index (χ2v) is 4.64. The maximum atomic E-state index is 8.96. The standard InChI is InChI=1S/C10H19NO/c1-9(6-12)11-7-10(8-11)4-2-3-5-10/h9,12H,2-8H2,1H3. The molecule has 2 heteroatoms. The number of rotatable bonds is 2. The zero-order chi connectivity index (χ0) is 8.60. The summed E-state index contributed by atoms with van der Waals surface area (Å²) in [5.41, 5.74) is 0.684.